The van der Waals surface area contributed by atoms with Gasteiger partial charge in [-0.15, -0.1) is 0 Å². The third-order valence-corrected chi connectivity index (χ3v) is 11.7. The zero-order valence-electron chi connectivity index (χ0n) is 24.6. The molecule has 40 heavy (non-hydrogen) atoms. The Bertz CT molecular complexity index is 914. The van der Waals surface area contributed by atoms with Gasteiger partial charge in [-0.1, -0.05) is 19.3 Å². The first-order valence-corrected chi connectivity index (χ1v) is 16.1. The molecule has 9 nitrogen and oxygen atoms in total. The Morgan fingerprint density at radius 1 is 1.02 bits per heavy atom. The number of fused-ring (bicyclic) bond motifs is 5. The van der Waals surface area contributed by atoms with E-state index in [1.54, 1.807) is 14.2 Å². The first-order valence-electron chi connectivity index (χ1n) is 16.1. The van der Waals surface area contributed by atoms with E-state index in [0.717, 1.165) is 57.9 Å². The maximum absolute atomic E-state index is 14.2. The number of hydrogen-bond acceptors (Lipinski definition) is 7. The number of hydrogen-bond donors (Lipinski definition) is 3. The smallest absolute Gasteiger partial charge is 0.248 e. The van der Waals surface area contributed by atoms with Crippen LogP contribution in [0.5, 0.6) is 0 Å². The molecule has 9 heteroatoms. The van der Waals surface area contributed by atoms with Crippen molar-refractivity contribution in [1.82, 2.24) is 15.5 Å². The minimum absolute atomic E-state index is 0.0157. The van der Waals surface area contributed by atoms with E-state index in [4.69, 9.17) is 14.2 Å². The maximum atomic E-state index is 14.2. The van der Waals surface area contributed by atoms with E-state index in [0.29, 0.717) is 30.3 Å². The molecular formula is C31H51N3O6. The highest BCUT2D eigenvalue weighted by Crippen LogP contribution is 2.54. The van der Waals surface area contributed by atoms with E-state index in [1.807, 2.05) is 6.92 Å². The first kappa shape index (κ1) is 28.8. The first-order chi connectivity index (χ1) is 19.4. The summed E-state index contributed by atoms with van der Waals surface area (Å²) in [7, 11) is 3.45. The molecule has 0 aromatic rings. The summed E-state index contributed by atoms with van der Waals surface area (Å²) in [5.41, 5.74) is 0. The summed E-state index contributed by atoms with van der Waals surface area (Å²) >= 11 is 0. The predicted octanol–water partition coefficient (Wildman–Crippen LogP) is 2.24. The number of methoxy groups -OCH3 is 2. The van der Waals surface area contributed by atoms with Crippen molar-refractivity contribution in [1.29, 1.82) is 0 Å². The van der Waals surface area contributed by atoms with Crippen molar-refractivity contribution >= 4 is 11.8 Å². The molecule has 3 aliphatic heterocycles. The summed E-state index contributed by atoms with van der Waals surface area (Å²) in [5.74, 6) is 1.43. The average Bonchev–Trinajstić information content (AvgIpc) is 3.32. The highest BCUT2D eigenvalue weighted by atomic mass is 16.5. The summed E-state index contributed by atoms with van der Waals surface area (Å²) in [5, 5.41) is 17.3. The Balaban J connectivity index is 1.09. The zero-order chi connectivity index (χ0) is 28.0. The van der Waals surface area contributed by atoms with Gasteiger partial charge < -0.3 is 34.9 Å². The van der Waals surface area contributed by atoms with Crippen molar-refractivity contribution in [2.75, 3.05) is 27.3 Å². The fourth-order valence-corrected chi connectivity index (χ4v) is 9.85. The molecule has 3 aliphatic carbocycles. The fraction of sp³-hybridized carbons (Fsp3) is 0.935. The lowest BCUT2D eigenvalue weighted by Gasteiger charge is -2.55. The van der Waals surface area contributed by atoms with Gasteiger partial charge in [-0.2, -0.15) is 0 Å². The second kappa shape index (κ2) is 12.2. The lowest BCUT2D eigenvalue weighted by atomic mass is 9.64. The van der Waals surface area contributed by atoms with Crippen LogP contribution in [0.25, 0.3) is 0 Å². The van der Waals surface area contributed by atoms with Gasteiger partial charge in [-0.25, -0.2) is 0 Å². The van der Waals surface area contributed by atoms with E-state index in [2.05, 4.69) is 15.5 Å². The van der Waals surface area contributed by atoms with Crippen LogP contribution in [-0.4, -0.2) is 97.8 Å². The minimum atomic E-state index is -0.553. The lowest BCUT2D eigenvalue weighted by molar-refractivity contribution is -0.175. The van der Waals surface area contributed by atoms with Gasteiger partial charge in [0.2, 0.25) is 11.8 Å². The SMILES string of the molecule is COC1CCC2C3NCCC4C5CC(O[C@@H](C)C(=O)NC[C@@H](O)C6CCCCC6)CCC5N(C(=O)C2C1OC)C43. The van der Waals surface area contributed by atoms with Gasteiger partial charge >= 0.3 is 0 Å². The quantitative estimate of drug-likeness (QED) is 0.417. The molecule has 3 heterocycles. The molecule has 226 valence electrons. The standard InChI is InChI=1S/C31H51N3O6/c1-17(30(36)33-16-24(35)18-7-5-4-6-8-18)40-19-9-11-23-22(15-19)20-13-14-32-27-21-10-12-25(38-2)29(39-3)26(21)31(37)34(23)28(20)27/h17-29,32,35H,4-16H2,1-3H3,(H,33,36)/t17-,19?,20?,21?,22?,23?,24+,25?,26?,27?,28?,29?/m0/s1. The minimum Gasteiger partial charge on any atom is -0.391 e. The third-order valence-electron chi connectivity index (χ3n) is 11.7. The number of aliphatic hydroxyl groups excluding tert-OH is 1. The van der Waals surface area contributed by atoms with Crippen molar-refractivity contribution in [3.05, 3.63) is 0 Å². The zero-order valence-corrected chi connectivity index (χ0v) is 24.6. The van der Waals surface area contributed by atoms with Crippen LogP contribution >= 0.6 is 0 Å². The molecule has 6 aliphatic rings. The summed E-state index contributed by atoms with van der Waals surface area (Å²) in [6.07, 6.45) is 10.1. The van der Waals surface area contributed by atoms with Crippen LogP contribution in [0.4, 0.5) is 0 Å². The van der Waals surface area contributed by atoms with Crippen molar-refractivity contribution in [3.8, 4) is 0 Å². The predicted molar refractivity (Wildman–Crippen MR) is 149 cm³/mol. The highest BCUT2D eigenvalue weighted by molar-refractivity contribution is 5.83. The summed E-state index contributed by atoms with van der Waals surface area (Å²) < 4.78 is 18.1. The van der Waals surface area contributed by atoms with Crippen molar-refractivity contribution in [3.63, 3.8) is 0 Å². The number of piperidine rings is 2. The normalized spacial score (nSPS) is 42.9. The van der Waals surface area contributed by atoms with Crippen LogP contribution in [0.2, 0.25) is 0 Å². The van der Waals surface area contributed by atoms with Gasteiger partial charge in [-0.05, 0) is 88.5 Å². The number of carbonyl (C=O) groups is 2. The summed E-state index contributed by atoms with van der Waals surface area (Å²) in [6.45, 7) is 3.12. The van der Waals surface area contributed by atoms with Gasteiger partial charge in [-0.3, -0.25) is 9.59 Å². The van der Waals surface area contributed by atoms with Crippen molar-refractivity contribution in [2.24, 2.45) is 29.6 Å². The number of aliphatic hydroxyl groups is 1. The molecule has 0 bridgehead atoms. The van der Waals surface area contributed by atoms with Gasteiger partial charge in [0.15, 0.2) is 0 Å². The number of amides is 2. The molecule has 3 saturated heterocycles. The van der Waals surface area contributed by atoms with E-state index < -0.39 is 12.2 Å². The van der Waals surface area contributed by atoms with Gasteiger partial charge in [0.25, 0.3) is 0 Å². The van der Waals surface area contributed by atoms with Crippen molar-refractivity contribution in [2.45, 2.75) is 126 Å². The summed E-state index contributed by atoms with van der Waals surface area (Å²) in [6, 6.07) is 0.790. The Hall–Kier alpha value is -1.26. The molecule has 0 radical (unpaired) electrons. The van der Waals surface area contributed by atoms with Crippen LogP contribution in [-0.2, 0) is 23.8 Å². The Morgan fingerprint density at radius 2 is 1.82 bits per heavy atom. The molecule has 0 spiro atoms. The van der Waals surface area contributed by atoms with Crippen LogP contribution < -0.4 is 10.6 Å². The summed E-state index contributed by atoms with van der Waals surface area (Å²) in [4.78, 5) is 29.4. The van der Waals surface area contributed by atoms with Crippen molar-refractivity contribution < 1.29 is 28.9 Å². The molecule has 3 N–H and O–H groups in total. The lowest BCUT2D eigenvalue weighted by Crippen LogP contribution is -2.70. The number of nitrogens with zero attached hydrogens (tertiary/aromatic N) is 1. The molecular weight excluding hydrogens is 510 g/mol. The molecule has 6 fully saturated rings. The third kappa shape index (κ3) is 5.12. The number of rotatable bonds is 8. The Kier molecular flexibility index (Phi) is 8.76. The maximum Gasteiger partial charge on any atom is 0.248 e. The second-order valence-corrected chi connectivity index (χ2v) is 13.6. The van der Waals surface area contributed by atoms with E-state index >= 15 is 0 Å². The highest BCUT2D eigenvalue weighted by Gasteiger charge is 2.64. The fourth-order valence-electron chi connectivity index (χ4n) is 9.85. The Labute approximate surface area is 239 Å². The number of carbonyl (C=O) groups excluding carboxylic acids is 2. The monoisotopic (exact) mass is 561 g/mol. The largest absolute Gasteiger partial charge is 0.391 e. The molecule has 10 unspecified atom stereocenters. The van der Waals surface area contributed by atoms with Crippen LogP contribution in [0, 0.1) is 29.6 Å². The van der Waals surface area contributed by atoms with Crippen LogP contribution in [0.1, 0.15) is 77.6 Å². The molecule has 3 saturated carbocycles. The van der Waals surface area contributed by atoms with Gasteiger partial charge in [0.1, 0.15) is 6.10 Å². The van der Waals surface area contributed by atoms with E-state index in [1.165, 1.54) is 19.3 Å². The van der Waals surface area contributed by atoms with Gasteiger partial charge in [0.05, 0.1) is 36.4 Å². The topological polar surface area (TPSA) is 109 Å². The van der Waals surface area contributed by atoms with Gasteiger partial charge in [0, 0.05) is 32.8 Å². The molecule has 12 atom stereocenters. The molecule has 0 aromatic carbocycles. The molecule has 6 rings (SSSR count). The molecule has 2 amide bonds. The average molecular weight is 562 g/mol. The van der Waals surface area contributed by atoms with Crippen LogP contribution in [0.15, 0.2) is 0 Å². The second-order valence-electron chi connectivity index (χ2n) is 13.6. The number of nitrogens with one attached hydrogen (secondary N) is 2. The Morgan fingerprint density at radius 3 is 2.58 bits per heavy atom. The number of ether oxygens (including phenoxy) is 3. The van der Waals surface area contributed by atoms with E-state index in [9.17, 15) is 14.7 Å². The molecule has 0 aromatic heterocycles. The van der Waals surface area contributed by atoms with Crippen LogP contribution in [0.3, 0.4) is 0 Å². The van der Waals surface area contributed by atoms with E-state index in [-0.39, 0.29) is 54.0 Å².